The van der Waals surface area contributed by atoms with Crippen LogP contribution in [0.1, 0.15) is 24.8 Å². The summed E-state index contributed by atoms with van der Waals surface area (Å²) >= 11 is 0. The zero-order valence-corrected chi connectivity index (χ0v) is 11.9. The summed E-state index contributed by atoms with van der Waals surface area (Å²) in [5.74, 6) is -1.77. The van der Waals surface area contributed by atoms with Gasteiger partial charge < -0.3 is 15.3 Å². The first kappa shape index (κ1) is 15.3. The minimum atomic E-state index is -0.880. The third kappa shape index (κ3) is 3.71. The highest BCUT2D eigenvalue weighted by Crippen LogP contribution is 2.26. The number of rotatable bonds is 4. The van der Waals surface area contributed by atoms with E-state index in [0.29, 0.717) is 18.4 Å². The molecule has 2 N–H and O–H groups in total. The van der Waals surface area contributed by atoms with E-state index in [1.54, 1.807) is 25.2 Å². The zero-order valence-electron chi connectivity index (χ0n) is 11.9. The number of amides is 2. The van der Waals surface area contributed by atoms with Crippen LogP contribution in [0.4, 0.5) is 9.18 Å². The first-order chi connectivity index (χ1) is 9.99. The van der Waals surface area contributed by atoms with Crippen LogP contribution in [0.25, 0.3) is 0 Å². The number of carboxylic acids is 1. The molecule has 114 valence electrons. The van der Waals surface area contributed by atoms with Gasteiger partial charge in [0, 0.05) is 25.2 Å². The molecule has 2 atom stereocenters. The van der Waals surface area contributed by atoms with Gasteiger partial charge in [-0.25, -0.2) is 9.18 Å². The molecule has 2 unspecified atom stereocenters. The summed E-state index contributed by atoms with van der Waals surface area (Å²) in [5, 5.41) is 11.8. The number of carbonyl (C=O) groups is 2. The number of benzene rings is 1. The van der Waals surface area contributed by atoms with Gasteiger partial charge in [-0.2, -0.15) is 0 Å². The molecule has 21 heavy (non-hydrogen) atoms. The van der Waals surface area contributed by atoms with Crippen LogP contribution in [0.5, 0.6) is 0 Å². The molecular formula is C15H19FN2O3. The Morgan fingerprint density at radius 1 is 1.38 bits per heavy atom. The molecule has 1 aliphatic carbocycles. The summed E-state index contributed by atoms with van der Waals surface area (Å²) in [5.41, 5.74) is 0.427. The quantitative estimate of drug-likeness (QED) is 0.894. The van der Waals surface area contributed by atoms with Gasteiger partial charge in [-0.3, -0.25) is 4.79 Å². The van der Waals surface area contributed by atoms with Crippen molar-refractivity contribution in [3.05, 3.63) is 35.6 Å². The summed E-state index contributed by atoms with van der Waals surface area (Å²) in [6.07, 6.45) is 2.03. The molecule has 0 saturated heterocycles. The molecule has 0 heterocycles. The second kappa shape index (κ2) is 6.56. The lowest BCUT2D eigenvalue weighted by atomic mass is 10.0. The molecule has 6 heteroatoms. The fraction of sp³-hybridized carbons (Fsp3) is 0.467. The van der Waals surface area contributed by atoms with Crippen molar-refractivity contribution in [3.63, 3.8) is 0 Å². The summed E-state index contributed by atoms with van der Waals surface area (Å²) < 4.78 is 13.6. The monoisotopic (exact) mass is 294 g/mol. The predicted octanol–water partition coefficient (Wildman–Crippen LogP) is 2.22. The second-order valence-electron chi connectivity index (χ2n) is 5.38. The second-order valence-corrected chi connectivity index (χ2v) is 5.38. The predicted molar refractivity (Wildman–Crippen MR) is 75.2 cm³/mol. The van der Waals surface area contributed by atoms with Gasteiger partial charge in [0.1, 0.15) is 5.82 Å². The van der Waals surface area contributed by atoms with Crippen LogP contribution in [0.2, 0.25) is 0 Å². The number of nitrogens with one attached hydrogen (secondary N) is 1. The van der Waals surface area contributed by atoms with Crippen molar-refractivity contribution in [2.75, 3.05) is 7.05 Å². The smallest absolute Gasteiger partial charge is 0.317 e. The van der Waals surface area contributed by atoms with E-state index < -0.39 is 11.9 Å². The third-order valence-electron chi connectivity index (χ3n) is 3.85. The standard InChI is InChI=1S/C15H19FN2O3/c1-18(9-10-5-2-3-7-12(10)16)15(21)17-13-8-4-6-11(13)14(19)20/h2-3,5,7,11,13H,4,6,8-9H2,1H3,(H,17,21)(H,19,20). The average Bonchev–Trinajstić information content (AvgIpc) is 2.89. The minimum Gasteiger partial charge on any atom is -0.481 e. The van der Waals surface area contributed by atoms with Crippen LogP contribution in [0.3, 0.4) is 0 Å². The largest absolute Gasteiger partial charge is 0.481 e. The number of nitrogens with zero attached hydrogens (tertiary/aromatic N) is 1. The number of halogens is 1. The summed E-state index contributed by atoms with van der Waals surface area (Å²) in [4.78, 5) is 24.5. The number of urea groups is 1. The Labute approximate surface area is 122 Å². The molecule has 0 aromatic heterocycles. The maximum Gasteiger partial charge on any atom is 0.317 e. The number of hydrogen-bond donors (Lipinski definition) is 2. The molecule has 1 aromatic rings. The zero-order chi connectivity index (χ0) is 15.4. The molecule has 1 fully saturated rings. The van der Waals surface area contributed by atoms with E-state index >= 15 is 0 Å². The fourth-order valence-corrected chi connectivity index (χ4v) is 2.65. The van der Waals surface area contributed by atoms with Crippen LogP contribution in [-0.2, 0) is 11.3 Å². The first-order valence-electron chi connectivity index (χ1n) is 6.97. The molecule has 2 amide bonds. The Hall–Kier alpha value is -2.11. The highest BCUT2D eigenvalue weighted by molar-refractivity contribution is 5.77. The topological polar surface area (TPSA) is 69.6 Å². The van der Waals surface area contributed by atoms with E-state index in [-0.39, 0.29) is 24.4 Å². The van der Waals surface area contributed by atoms with E-state index in [2.05, 4.69) is 5.32 Å². The third-order valence-corrected chi connectivity index (χ3v) is 3.85. The van der Waals surface area contributed by atoms with Crippen molar-refractivity contribution in [1.29, 1.82) is 0 Å². The van der Waals surface area contributed by atoms with Crippen molar-refractivity contribution in [1.82, 2.24) is 10.2 Å². The average molecular weight is 294 g/mol. The van der Waals surface area contributed by atoms with Gasteiger partial charge in [-0.15, -0.1) is 0 Å². The molecule has 1 saturated carbocycles. The lowest BCUT2D eigenvalue weighted by Crippen LogP contribution is -2.45. The minimum absolute atomic E-state index is 0.142. The van der Waals surface area contributed by atoms with E-state index in [1.165, 1.54) is 11.0 Å². The van der Waals surface area contributed by atoms with Crippen LogP contribution in [0.15, 0.2) is 24.3 Å². The van der Waals surface area contributed by atoms with Crippen LogP contribution >= 0.6 is 0 Å². The van der Waals surface area contributed by atoms with Crippen molar-refractivity contribution >= 4 is 12.0 Å². The lowest BCUT2D eigenvalue weighted by molar-refractivity contribution is -0.142. The van der Waals surface area contributed by atoms with Crippen molar-refractivity contribution in [3.8, 4) is 0 Å². The van der Waals surface area contributed by atoms with E-state index in [9.17, 15) is 14.0 Å². The van der Waals surface area contributed by atoms with Gasteiger partial charge in [0.2, 0.25) is 0 Å². The van der Waals surface area contributed by atoms with Crippen molar-refractivity contribution in [2.24, 2.45) is 5.92 Å². The van der Waals surface area contributed by atoms with Gasteiger partial charge in [-0.1, -0.05) is 24.6 Å². The lowest BCUT2D eigenvalue weighted by Gasteiger charge is -2.23. The van der Waals surface area contributed by atoms with E-state index in [0.717, 1.165) is 6.42 Å². The van der Waals surface area contributed by atoms with E-state index in [1.807, 2.05) is 0 Å². The molecule has 1 aliphatic rings. The maximum absolute atomic E-state index is 13.6. The van der Waals surface area contributed by atoms with Gasteiger partial charge in [0.25, 0.3) is 0 Å². The van der Waals surface area contributed by atoms with Gasteiger partial charge >= 0.3 is 12.0 Å². The highest BCUT2D eigenvalue weighted by atomic mass is 19.1. The number of aliphatic carboxylic acids is 1. The van der Waals surface area contributed by atoms with Gasteiger partial charge in [0.15, 0.2) is 0 Å². The molecule has 5 nitrogen and oxygen atoms in total. The molecule has 2 rings (SSSR count). The Morgan fingerprint density at radius 2 is 2.10 bits per heavy atom. The molecule has 1 aromatic carbocycles. The number of carboxylic acid groups (broad SMARTS) is 1. The normalized spacial score (nSPS) is 21.0. The number of carbonyl (C=O) groups excluding carboxylic acids is 1. The van der Waals surface area contributed by atoms with Gasteiger partial charge in [0.05, 0.1) is 5.92 Å². The van der Waals surface area contributed by atoms with Crippen LogP contribution in [0, 0.1) is 11.7 Å². The van der Waals surface area contributed by atoms with Crippen molar-refractivity contribution < 1.29 is 19.1 Å². The Kier molecular flexibility index (Phi) is 4.77. The van der Waals surface area contributed by atoms with E-state index in [4.69, 9.17) is 5.11 Å². The van der Waals surface area contributed by atoms with Crippen LogP contribution in [-0.4, -0.2) is 35.1 Å². The Morgan fingerprint density at radius 3 is 2.76 bits per heavy atom. The van der Waals surface area contributed by atoms with Gasteiger partial charge in [-0.05, 0) is 18.9 Å². The SMILES string of the molecule is CN(Cc1ccccc1F)C(=O)NC1CCCC1C(=O)O. The Balaban J connectivity index is 1.94. The summed E-state index contributed by atoms with van der Waals surface area (Å²) in [6, 6.07) is 5.54. The summed E-state index contributed by atoms with van der Waals surface area (Å²) in [7, 11) is 1.56. The molecule has 0 spiro atoms. The summed E-state index contributed by atoms with van der Waals surface area (Å²) in [6.45, 7) is 0.142. The number of hydrogen-bond acceptors (Lipinski definition) is 2. The first-order valence-corrected chi connectivity index (χ1v) is 6.97. The van der Waals surface area contributed by atoms with Crippen LogP contribution < -0.4 is 5.32 Å². The highest BCUT2D eigenvalue weighted by Gasteiger charge is 2.34. The molecule has 0 aliphatic heterocycles. The Bertz CT molecular complexity index is 535. The maximum atomic E-state index is 13.6. The molecule has 0 radical (unpaired) electrons. The molecular weight excluding hydrogens is 275 g/mol. The molecule has 0 bridgehead atoms. The fourth-order valence-electron chi connectivity index (χ4n) is 2.65. The van der Waals surface area contributed by atoms with Crippen molar-refractivity contribution in [2.45, 2.75) is 31.8 Å².